The number of hydrogen-bond donors (Lipinski definition) is 0. The molecule has 2 aliphatic carbocycles. The molecule has 0 amide bonds. The van der Waals surface area contributed by atoms with E-state index in [1.54, 1.807) is 18.2 Å². The molecule has 0 unspecified atom stereocenters. The Morgan fingerprint density at radius 1 is 1.00 bits per heavy atom. The zero-order chi connectivity index (χ0) is 17.6. The normalized spacial score (nSPS) is 30.3. The predicted octanol–water partition coefficient (Wildman–Crippen LogP) is 6.65. The minimum atomic E-state index is -0.386. The molecule has 2 fully saturated rings. The van der Waals surface area contributed by atoms with Crippen molar-refractivity contribution < 1.29 is 8.78 Å². The molecular weight excluding hydrogens is 316 g/mol. The lowest BCUT2D eigenvalue weighted by Gasteiger charge is -2.38. The zero-order valence-electron chi connectivity index (χ0n) is 14.8. The van der Waals surface area contributed by atoms with Crippen molar-refractivity contribution in [3.63, 3.8) is 0 Å². The third-order valence-electron chi connectivity index (χ3n) is 6.47. The van der Waals surface area contributed by atoms with E-state index >= 15 is 0 Å². The molecule has 1 aromatic rings. The second-order valence-corrected chi connectivity index (χ2v) is 7.84. The van der Waals surface area contributed by atoms with Crippen LogP contribution in [0.4, 0.5) is 8.78 Å². The van der Waals surface area contributed by atoms with Gasteiger partial charge in [-0.15, -0.1) is 0 Å². The van der Waals surface area contributed by atoms with E-state index in [1.165, 1.54) is 38.5 Å². The second kappa shape index (κ2) is 8.61. The van der Waals surface area contributed by atoms with Gasteiger partial charge in [0.25, 0.3) is 0 Å². The predicted molar refractivity (Wildman–Crippen MR) is 96.1 cm³/mol. The summed E-state index contributed by atoms with van der Waals surface area (Å²) in [6, 6.07) is 7.00. The summed E-state index contributed by atoms with van der Waals surface area (Å²) < 4.78 is 26.0. The van der Waals surface area contributed by atoms with Crippen LogP contribution < -0.4 is 0 Å². The molecule has 0 aromatic heterocycles. The Labute approximate surface area is 149 Å². The van der Waals surface area contributed by atoms with Gasteiger partial charge in [0.1, 0.15) is 11.9 Å². The molecule has 0 saturated heterocycles. The largest absolute Gasteiger partial charge is 0.216 e. The summed E-state index contributed by atoms with van der Waals surface area (Å²) in [6.07, 6.45) is 13.0. The quantitative estimate of drug-likeness (QED) is 0.600. The molecule has 2 aliphatic rings. The van der Waals surface area contributed by atoms with E-state index in [0.717, 1.165) is 36.7 Å². The SMILES string of the molecule is N#Cc1ccc([C@H]2CC[C@H]([C@H]3CC[C@H](C/C=C/F)CC3)CC2)cc1F. The first-order chi connectivity index (χ1) is 12.2. The molecule has 0 radical (unpaired) electrons. The topological polar surface area (TPSA) is 23.8 Å². The van der Waals surface area contributed by atoms with Crippen LogP contribution in [0, 0.1) is 34.9 Å². The molecule has 0 bridgehead atoms. The molecule has 134 valence electrons. The van der Waals surface area contributed by atoms with E-state index in [-0.39, 0.29) is 11.4 Å². The Morgan fingerprint density at radius 3 is 2.20 bits per heavy atom. The van der Waals surface area contributed by atoms with Crippen LogP contribution in [-0.4, -0.2) is 0 Å². The molecule has 0 N–H and O–H groups in total. The van der Waals surface area contributed by atoms with Crippen molar-refractivity contribution in [2.45, 2.75) is 63.7 Å². The Morgan fingerprint density at radius 2 is 1.64 bits per heavy atom. The van der Waals surface area contributed by atoms with Crippen molar-refractivity contribution in [2.75, 3.05) is 0 Å². The minimum absolute atomic E-state index is 0.136. The van der Waals surface area contributed by atoms with E-state index in [1.807, 2.05) is 12.1 Å². The number of allylic oxidation sites excluding steroid dienone is 1. The lowest BCUT2D eigenvalue weighted by atomic mass is 9.68. The summed E-state index contributed by atoms with van der Waals surface area (Å²) in [5.41, 5.74) is 1.19. The third kappa shape index (κ3) is 4.48. The van der Waals surface area contributed by atoms with Gasteiger partial charge >= 0.3 is 0 Å². The molecule has 25 heavy (non-hydrogen) atoms. The Hall–Kier alpha value is -1.69. The van der Waals surface area contributed by atoms with Crippen LogP contribution in [0.2, 0.25) is 0 Å². The van der Waals surface area contributed by atoms with E-state index in [4.69, 9.17) is 5.26 Å². The highest BCUT2D eigenvalue weighted by Gasteiger charge is 2.31. The van der Waals surface area contributed by atoms with Crippen molar-refractivity contribution in [1.29, 1.82) is 5.26 Å². The third-order valence-corrected chi connectivity index (χ3v) is 6.47. The number of benzene rings is 1. The van der Waals surface area contributed by atoms with Crippen molar-refractivity contribution in [1.82, 2.24) is 0 Å². The van der Waals surface area contributed by atoms with Gasteiger partial charge in [0, 0.05) is 0 Å². The van der Waals surface area contributed by atoms with Crippen LogP contribution in [0.1, 0.15) is 74.8 Å². The number of hydrogen-bond acceptors (Lipinski definition) is 1. The van der Waals surface area contributed by atoms with Crippen LogP contribution in [-0.2, 0) is 0 Å². The van der Waals surface area contributed by atoms with Gasteiger partial charge in [-0.1, -0.05) is 12.1 Å². The van der Waals surface area contributed by atoms with E-state index in [0.29, 0.717) is 18.2 Å². The van der Waals surface area contributed by atoms with Crippen LogP contribution in [0.5, 0.6) is 0 Å². The maximum atomic E-state index is 13.8. The van der Waals surface area contributed by atoms with Crippen LogP contribution in [0.25, 0.3) is 0 Å². The van der Waals surface area contributed by atoms with Crippen molar-refractivity contribution in [3.8, 4) is 6.07 Å². The Kier molecular flexibility index (Phi) is 6.24. The highest BCUT2D eigenvalue weighted by atomic mass is 19.1. The fraction of sp³-hybridized carbons (Fsp3) is 0.591. The number of nitrogens with zero attached hydrogens (tertiary/aromatic N) is 1. The summed E-state index contributed by atoms with van der Waals surface area (Å²) in [5, 5.41) is 8.85. The standard InChI is InChI=1S/C22H27F2N/c23-13-1-2-16-3-5-17(6-4-16)18-7-9-19(10-8-18)20-11-12-21(15-25)22(24)14-20/h1,11-14,16-19H,2-10H2/b13-1+/t16-,17-,18-,19-. The van der Waals surface area contributed by atoms with Gasteiger partial charge in [0.05, 0.1) is 11.9 Å². The van der Waals surface area contributed by atoms with Crippen LogP contribution >= 0.6 is 0 Å². The second-order valence-electron chi connectivity index (χ2n) is 7.84. The average Bonchev–Trinajstić information content (AvgIpc) is 2.67. The van der Waals surface area contributed by atoms with Gasteiger partial charge in [-0.05, 0) is 99.2 Å². The molecule has 1 aromatic carbocycles. The van der Waals surface area contributed by atoms with Gasteiger partial charge in [0.2, 0.25) is 0 Å². The number of halogens is 2. The smallest absolute Gasteiger partial charge is 0.141 e. The van der Waals surface area contributed by atoms with E-state index < -0.39 is 0 Å². The monoisotopic (exact) mass is 343 g/mol. The van der Waals surface area contributed by atoms with Crippen molar-refractivity contribution in [3.05, 3.63) is 47.5 Å². The molecule has 3 rings (SSSR count). The van der Waals surface area contributed by atoms with Crippen molar-refractivity contribution >= 4 is 0 Å². The fourth-order valence-corrected chi connectivity index (χ4v) is 4.94. The zero-order valence-corrected chi connectivity index (χ0v) is 14.8. The summed E-state index contributed by atoms with van der Waals surface area (Å²) in [6.45, 7) is 0. The maximum absolute atomic E-state index is 13.8. The highest BCUT2D eigenvalue weighted by Crippen LogP contribution is 2.44. The van der Waals surface area contributed by atoms with Gasteiger partial charge in [-0.3, -0.25) is 0 Å². The molecule has 0 spiro atoms. The van der Waals surface area contributed by atoms with Crippen LogP contribution in [0.3, 0.4) is 0 Å². The summed E-state index contributed by atoms with van der Waals surface area (Å²) in [4.78, 5) is 0. The minimum Gasteiger partial charge on any atom is -0.216 e. The summed E-state index contributed by atoms with van der Waals surface area (Å²) in [7, 11) is 0. The van der Waals surface area contributed by atoms with Gasteiger partial charge in [-0.2, -0.15) is 5.26 Å². The van der Waals surface area contributed by atoms with E-state index in [9.17, 15) is 8.78 Å². The van der Waals surface area contributed by atoms with Crippen molar-refractivity contribution in [2.24, 2.45) is 17.8 Å². The molecule has 0 atom stereocenters. The number of rotatable bonds is 4. The first-order valence-electron chi connectivity index (χ1n) is 9.66. The molecular formula is C22H27F2N. The molecule has 3 heteroatoms. The molecule has 1 nitrogen and oxygen atoms in total. The lowest BCUT2D eigenvalue weighted by Crippen LogP contribution is -2.25. The first kappa shape index (κ1) is 18.1. The fourth-order valence-electron chi connectivity index (χ4n) is 4.94. The Balaban J connectivity index is 1.49. The van der Waals surface area contributed by atoms with Gasteiger partial charge in [0.15, 0.2) is 0 Å². The first-order valence-corrected chi connectivity index (χ1v) is 9.66. The number of nitriles is 1. The molecule has 0 heterocycles. The molecule has 2 saturated carbocycles. The average molecular weight is 343 g/mol. The maximum Gasteiger partial charge on any atom is 0.141 e. The Bertz CT molecular complexity index is 630. The lowest BCUT2D eigenvalue weighted by molar-refractivity contribution is 0.160. The summed E-state index contributed by atoms with van der Waals surface area (Å²) >= 11 is 0. The van der Waals surface area contributed by atoms with Gasteiger partial charge < -0.3 is 0 Å². The van der Waals surface area contributed by atoms with Gasteiger partial charge in [-0.25, -0.2) is 8.78 Å². The summed E-state index contributed by atoms with van der Waals surface area (Å²) in [5.74, 6) is 2.34. The van der Waals surface area contributed by atoms with E-state index in [2.05, 4.69) is 0 Å². The van der Waals surface area contributed by atoms with Crippen LogP contribution in [0.15, 0.2) is 30.6 Å². The highest BCUT2D eigenvalue weighted by molar-refractivity contribution is 5.34. The molecule has 0 aliphatic heterocycles.